The Kier molecular flexibility index (Phi) is 5.58. The Labute approximate surface area is 157 Å². The average Bonchev–Trinajstić information content (AvgIpc) is 2.56. The molecule has 3 rings (SSSR count). The lowest BCUT2D eigenvalue weighted by molar-refractivity contribution is 0.119. The summed E-state index contributed by atoms with van der Waals surface area (Å²) in [6, 6.07) is 13.5. The Morgan fingerprint density at radius 2 is 1.67 bits per heavy atom. The molecule has 0 radical (unpaired) electrons. The van der Waals surface area contributed by atoms with Gasteiger partial charge in [-0.05, 0) is 49.0 Å². The number of benzene rings is 2. The van der Waals surface area contributed by atoms with Crippen LogP contribution in [0.2, 0.25) is 15.1 Å². The van der Waals surface area contributed by atoms with Crippen molar-refractivity contribution in [2.24, 2.45) is 0 Å². The minimum absolute atomic E-state index is 0.0722. The fourth-order valence-electron chi connectivity index (χ4n) is 3.17. The Bertz CT molecular complexity index is 708. The van der Waals surface area contributed by atoms with E-state index in [9.17, 15) is 5.11 Å². The van der Waals surface area contributed by atoms with Crippen molar-refractivity contribution in [1.82, 2.24) is 4.90 Å². The number of piperazine rings is 1. The molecule has 2 aromatic rings. The van der Waals surface area contributed by atoms with Crippen molar-refractivity contribution in [3.05, 3.63) is 63.1 Å². The maximum Gasteiger partial charge on any atom is 0.0684 e. The Balaban J connectivity index is 2.00. The number of aliphatic hydroxyl groups is 1. The molecule has 1 fully saturated rings. The number of halogens is 3. The summed E-state index contributed by atoms with van der Waals surface area (Å²) in [4.78, 5) is 4.44. The number of hydrogen-bond acceptors (Lipinski definition) is 3. The lowest BCUT2D eigenvalue weighted by atomic mass is 9.98. The zero-order chi connectivity index (χ0) is 17.3. The highest BCUT2D eigenvalue weighted by Crippen LogP contribution is 2.36. The molecule has 0 saturated carbocycles. The van der Waals surface area contributed by atoms with Crippen LogP contribution >= 0.6 is 34.8 Å². The van der Waals surface area contributed by atoms with E-state index in [-0.39, 0.29) is 18.7 Å². The highest BCUT2D eigenvalue weighted by molar-refractivity contribution is 6.35. The van der Waals surface area contributed by atoms with Gasteiger partial charge in [-0.15, -0.1) is 0 Å². The predicted molar refractivity (Wildman–Crippen MR) is 102 cm³/mol. The van der Waals surface area contributed by atoms with Crippen molar-refractivity contribution < 1.29 is 5.11 Å². The third-order valence-corrected chi connectivity index (χ3v) is 5.37. The normalized spacial score (nSPS) is 22.0. The number of hydrogen-bond donors (Lipinski definition) is 1. The summed E-state index contributed by atoms with van der Waals surface area (Å²) in [7, 11) is 2.02. The lowest BCUT2D eigenvalue weighted by Gasteiger charge is -2.46. The highest BCUT2D eigenvalue weighted by Gasteiger charge is 2.33. The van der Waals surface area contributed by atoms with Crippen LogP contribution in [-0.4, -0.2) is 42.8 Å². The highest BCUT2D eigenvalue weighted by atomic mass is 35.5. The second-order valence-electron chi connectivity index (χ2n) is 6.09. The third-order valence-electron chi connectivity index (χ3n) is 4.56. The smallest absolute Gasteiger partial charge is 0.0684 e. The van der Waals surface area contributed by atoms with Gasteiger partial charge in [-0.2, -0.15) is 0 Å². The van der Waals surface area contributed by atoms with Crippen LogP contribution < -0.4 is 4.90 Å². The van der Waals surface area contributed by atoms with Gasteiger partial charge in [-0.1, -0.05) is 40.9 Å². The minimum Gasteiger partial charge on any atom is -0.395 e. The molecule has 1 aliphatic heterocycles. The van der Waals surface area contributed by atoms with Crippen LogP contribution in [-0.2, 0) is 0 Å². The molecule has 3 nitrogen and oxygen atoms in total. The molecule has 24 heavy (non-hydrogen) atoms. The zero-order valence-corrected chi connectivity index (χ0v) is 15.6. The number of likely N-dealkylation sites (N-methyl/N-ethyl adjacent to an activating group) is 1. The summed E-state index contributed by atoms with van der Waals surface area (Å²) in [5, 5.41) is 11.7. The molecule has 0 amide bonds. The van der Waals surface area contributed by atoms with Crippen molar-refractivity contribution in [3.8, 4) is 0 Å². The largest absolute Gasteiger partial charge is 0.395 e. The van der Waals surface area contributed by atoms with Crippen LogP contribution in [0.15, 0.2) is 42.5 Å². The molecule has 0 spiro atoms. The monoisotopic (exact) mass is 384 g/mol. The molecule has 2 aromatic carbocycles. The van der Waals surface area contributed by atoms with Gasteiger partial charge in [0.15, 0.2) is 0 Å². The first-order chi connectivity index (χ1) is 11.5. The topological polar surface area (TPSA) is 26.7 Å². The average molecular weight is 386 g/mol. The van der Waals surface area contributed by atoms with Gasteiger partial charge in [-0.3, -0.25) is 4.90 Å². The van der Waals surface area contributed by atoms with Gasteiger partial charge in [0, 0.05) is 33.8 Å². The Morgan fingerprint density at radius 3 is 2.29 bits per heavy atom. The second kappa shape index (κ2) is 7.51. The van der Waals surface area contributed by atoms with Crippen molar-refractivity contribution in [2.75, 3.05) is 31.6 Å². The number of aliphatic hydroxyl groups excluding tert-OH is 1. The van der Waals surface area contributed by atoms with Crippen LogP contribution in [0.4, 0.5) is 5.69 Å². The van der Waals surface area contributed by atoms with Gasteiger partial charge in [0.1, 0.15) is 0 Å². The maximum atomic E-state index is 9.69. The van der Waals surface area contributed by atoms with Gasteiger partial charge < -0.3 is 10.0 Å². The first kappa shape index (κ1) is 17.8. The van der Waals surface area contributed by atoms with E-state index in [0.717, 1.165) is 17.8 Å². The molecule has 1 saturated heterocycles. The van der Waals surface area contributed by atoms with Crippen LogP contribution in [0.3, 0.4) is 0 Å². The Morgan fingerprint density at radius 1 is 1.00 bits per heavy atom. The maximum absolute atomic E-state index is 9.69. The van der Waals surface area contributed by atoms with Gasteiger partial charge in [-0.25, -0.2) is 0 Å². The van der Waals surface area contributed by atoms with Gasteiger partial charge >= 0.3 is 0 Å². The summed E-state index contributed by atoms with van der Waals surface area (Å²) < 4.78 is 0. The summed E-state index contributed by atoms with van der Waals surface area (Å²) in [5.41, 5.74) is 2.08. The SMILES string of the molecule is CN1C[C@H](c2ccc(Cl)cc2Cl)N(c2ccc(Cl)cc2)C[C@@H]1CO. The molecule has 6 heteroatoms. The van der Waals surface area contributed by atoms with E-state index in [2.05, 4.69) is 9.80 Å². The summed E-state index contributed by atoms with van der Waals surface area (Å²) in [6.07, 6.45) is 0. The van der Waals surface area contributed by atoms with E-state index in [1.165, 1.54) is 0 Å². The first-order valence-electron chi connectivity index (χ1n) is 7.78. The fraction of sp³-hybridized carbons (Fsp3) is 0.333. The van der Waals surface area contributed by atoms with Crippen molar-refractivity contribution >= 4 is 40.5 Å². The second-order valence-corrected chi connectivity index (χ2v) is 7.37. The van der Waals surface area contributed by atoms with E-state index in [4.69, 9.17) is 34.8 Å². The number of nitrogens with zero attached hydrogens (tertiary/aromatic N) is 2. The molecule has 0 aliphatic carbocycles. The quantitative estimate of drug-likeness (QED) is 0.842. The number of anilines is 1. The van der Waals surface area contributed by atoms with Crippen LogP contribution in [0, 0.1) is 0 Å². The predicted octanol–water partition coefficient (Wildman–Crippen LogP) is 4.50. The summed E-state index contributed by atoms with van der Waals surface area (Å²) in [5.74, 6) is 0. The Hall–Kier alpha value is -0.970. The van der Waals surface area contributed by atoms with Crippen molar-refractivity contribution in [1.29, 1.82) is 0 Å². The van der Waals surface area contributed by atoms with Crippen LogP contribution in [0.25, 0.3) is 0 Å². The molecular formula is C18H19Cl3N2O. The molecular weight excluding hydrogens is 367 g/mol. The van der Waals surface area contributed by atoms with Crippen molar-refractivity contribution in [3.63, 3.8) is 0 Å². The molecule has 0 aromatic heterocycles. The summed E-state index contributed by atoms with van der Waals surface area (Å²) in [6.45, 7) is 1.58. The van der Waals surface area contributed by atoms with Crippen LogP contribution in [0.5, 0.6) is 0 Å². The zero-order valence-electron chi connectivity index (χ0n) is 13.3. The van der Waals surface area contributed by atoms with Crippen LogP contribution in [0.1, 0.15) is 11.6 Å². The molecule has 0 unspecified atom stereocenters. The molecule has 128 valence electrons. The van der Waals surface area contributed by atoms with E-state index >= 15 is 0 Å². The molecule has 1 aliphatic rings. The van der Waals surface area contributed by atoms with Gasteiger partial charge in [0.2, 0.25) is 0 Å². The summed E-state index contributed by atoms with van der Waals surface area (Å²) >= 11 is 18.5. The van der Waals surface area contributed by atoms with Crippen molar-refractivity contribution in [2.45, 2.75) is 12.1 Å². The molecule has 2 atom stereocenters. The molecule has 0 bridgehead atoms. The minimum atomic E-state index is 0.0722. The van der Waals surface area contributed by atoms with Gasteiger partial charge in [0.25, 0.3) is 0 Å². The van der Waals surface area contributed by atoms with E-state index in [1.54, 1.807) is 6.07 Å². The van der Waals surface area contributed by atoms with E-state index in [0.29, 0.717) is 21.6 Å². The lowest BCUT2D eigenvalue weighted by Crippen LogP contribution is -2.54. The molecule has 1 heterocycles. The standard InChI is InChI=1S/C18H19Cl3N2O/c1-22-10-18(16-7-4-13(20)8-17(16)21)23(9-15(22)11-24)14-5-2-12(19)3-6-14/h2-8,15,18,24H,9-11H2,1H3/t15-,18-/m1/s1. The molecule has 1 N–H and O–H groups in total. The number of rotatable bonds is 3. The third kappa shape index (κ3) is 3.66. The fourth-order valence-corrected chi connectivity index (χ4v) is 3.83. The van der Waals surface area contributed by atoms with E-state index < -0.39 is 0 Å². The van der Waals surface area contributed by atoms with Gasteiger partial charge in [0.05, 0.1) is 18.7 Å². The first-order valence-corrected chi connectivity index (χ1v) is 8.91. The van der Waals surface area contributed by atoms with E-state index in [1.807, 2.05) is 43.4 Å².